The lowest BCUT2D eigenvalue weighted by atomic mass is 9.86. The van der Waals surface area contributed by atoms with E-state index < -0.39 is 6.04 Å². The molecule has 0 saturated carbocycles. The number of methoxy groups -OCH3 is 1. The van der Waals surface area contributed by atoms with Gasteiger partial charge in [-0.05, 0) is 54.2 Å². The molecular weight excluding hydrogens is 408 g/mol. The number of phenols is 1. The quantitative estimate of drug-likeness (QED) is 0.478. The topological polar surface area (TPSA) is 108 Å². The Kier molecular flexibility index (Phi) is 8.66. The van der Waals surface area contributed by atoms with Crippen LogP contribution in [-0.4, -0.2) is 48.3 Å². The molecule has 2 atom stereocenters. The van der Waals surface area contributed by atoms with Gasteiger partial charge in [0, 0.05) is 24.6 Å². The van der Waals surface area contributed by atoms with Gasteiger partial charge in [0.2, 0.25) is 5.91 Å². The van der Waals surface area contributed by atoms with E-state index in [0.717, 1.165) is 11.1 Å². The Morgan fingerprint density at radius 1 is 1.09 bits per heavy atom. The third-order valence-corrected chi connectivity index (χ3v) is 5.34. The Morgan fingerprint density at radius 3 is 2.28 bits per heavy atom. The van der Waals surface area contributed by atoms with Crippen molar-refractivity contribution in [2.75, 3.05) is 20.3 Å². The molecule has 174 valence electrons. The van der Waals surface area contributed by atoms with Crippen molar-refractivity contribution in [2.24, 2.45) is 5.92 Å². The Morgan fingerprint density at radius 2 is 1.75 bits per heavy atom. The SMILES string of the molecule is COc1ccc(C[C@@H](CO)CNC(=O)[C@@H](C)NC(=O)c2ccc(C(C)(C)C)cc2)cc1O. The molecule has 0 spiro atoms. The van der Waals surface area contributed by atoms with Gasteiger partial charge in [-0.2, -0.15) is 0 Å². The molecule has 0 aliphatic rings. The zero-order valence-corrected chi connectivity index (χ0v) is 19.4. The number of rotatable bonds is 9. The van der Waals surface area contributed by atoms with Crippen molar-refractivity contribution in [1.82, 2.24) is 10.6 Å². The summed E-state index contributed by atoms with van der Waals surface area (Å²) in [5, 5.41) is 25.1. The minimum Gasteiger partial charge on any atom is -0.504 e. The zero-order valence-electron chi connectivity index (χ0n) is 19.4. The third-order valence-electron chi connectivity index (χ3n) is 5.34. The van der Waals surface area contributed by atoms with Crippen molar-refractivity contribution in [2.45, 2.75) is 45.6 Å². The third kappa shape index (κ3) is 6.99. The fraction of sp³-hybridized carbons (Fsp3) is 0.440. The number of benzene rings is 2. The summed E-state index contributed by atoms with van der Waals surface area (Å²) in [5.74, 6) is -0.487. The van der Waals surface area contributed by atoms with Crippen LogP contribution < -0.4 is 15.4 Å². The molecule has 2 rings (SSSR count). The van der Waals surface area contributed by atoms with Crippen LogP contribution in [0.15, 0.2) is 42.5 Å². The van der Waals surface area contributed by atoms with E-state index in [-0.39, 0.29) is 42.0 Å². The predicted molar refractivity (Wildman–Crippen MR) is 124 cm³/mol. The number of nitrogens with one attached hydrogen (secondary N) is 2. The summed E-state index contributed by atoms with van der Waals surface area (Å²) in [4.78, 5) is 24.9. The van der Waals surface area contributed by atoms with Crippen molar-refractivity contribution in [3.63, 3.8) is 0 Å². The summed E-state index contributed by atoms with van der Waals surface area (Å²) in [5.41, 5.74) is 2.43. The minimum atomic E-state index is -0.728. The second kappa shape index (κ2) is 11.0. The van der Waals surface area contributed by atoms with Crippen LogP contribution in [0.25, 0.3) is 0 Å². The van der Waals surface area contributed by atoms with Crippen LogP contribution >= 0.6 is 0 Å². The van der Waals surface area contributed by atoms with Gasteiger partial charge in [-0.3, -0.25) is 9.59 Å². The van der Waals surface area contributed by atoms with Gasteiger partial charge in [0.25, 0.3) is 5.91 Å². The first kappa shape index (κ1) is 25.2. The molecule has 2 aromatic rings. The maximum Gasteiger partial charge on any atom is 0.251 e. The number of aromatic hydroxyl groups is 1. The Balaban J connectivity index is 1.88. The lowest BCUT2D eigenvalue weighted by Crippen LogP contribution is -2.46. The molecule has 0 fully saturated rings. The van der Waals surface area contributed by atoms with Gasteiger partial charge in [0.15, 0.2) is 11.5 Å². The number of carbonyl (C=O) groups excluding carboxylic acids is 2. The second-order valence-electron chi connectivity index (χ2n) is 9.03. The molecule has 4 N–H and O–H groups in total. The minimum absolute atomic E-state index is 0.00397. The molecule has 0 bridgehead atoms. The van der Waals surface area contributed by atoms with Crippen molar-refractivity contribution in [3.05, 3.63) is 59.2 Å². The molecule has 0 saturated heterocycles. The van der Waals surface area contributed by atoms with Crippen LogP contribution in [0.5, 0.6) is 11.5 Å². The summed E-state index contributed by atoms with van der Waals surface area (Å²) in [6.07, 6.45) is 0.467. The van der Waals surface area contributed by atoms with E-state index in [9.17, 15) is 19.8 Å². The van der Waals surface area contributed by atoms with Crippen molar-refractivity contribution >= 4 is 11.8 Å². The molecule has 0 aliphatic heterocycles. The van der Waals surface area contributed by atoms with E-state index in [0.29, 0.717) is 17.7 Å². The lowest BCUT2D eigenvalue weighted by Gasteiger charge is -2.20. The number of hydrogen-bond donors (Lipinski definition) is 4. The molecule has 2 amide bonds. The molecule has 0 unspecified atom stereocenters. The van der Waals surface area contributed by atoms with E-state index in [1.807, 2.05) is 12.1 Å². The van der Waals surface area contributed by atoms with Crippen molar-refractivity contribution in [1.29, 1.82) is 0 Å². The number of aliphatic hydroxyl groups is 1. The van der Waals surface area contributed by atoms with E-state index in [4.69, 9.17) is 4.74 Å². The first-order valence-electron chi connectivity index (χ1n) is 10.7. The van der Waals surface area contributed by atoms with Crippen LogP contribution in [0.1, 0.15) is 49.2 Å². The van der Waals surface area contributed by atoms with Crippen LogP contribution in [0.2, 0.25) is 0 Å². The Labute approximate surface area is 189 Å². The monoisotopic (exact) mass is 442 g/mol. The largest absolute Gasteiger partial charge is 0.504 e. The average Bonchev–Trinajstić information content (AvgIpc) is 2.75. The summed E-state index contributed by atoms with van der Waals surface area (Å²) >= 11 is 0. The van der Waals surface area contributed by atoms with Crippen LogP contribution in [-0.2, 0) is 16.6 Å². The van der Waals surface area contributed by atoms with Gasteiger partial charge in [0.1, 0.15) is 6.04 Å². The second-order valence-corrected chi connectivity index (χ2v) is 9.03. The van der Waals surface area contributed by atoms with Crippen molar-refractivity contribution < 1.29 is 24.5 Å². The fourth-order valence-electron chi connectivity index (χ4n) is 3.26. The van der Waals surface area contributed by atoms with Gasteiger partial charge in [-0.1, -0.05) is 39.0 Å². The van der Waals surface area contributed by atoms with Gasteiger partial charge in [-0.25, -0.2) is 0 Å². The number of hydrogen-bond acceptors (Lipinski definition) is 5. The van der Waals surface area contributed by atoms with Crippen LogP contribution in [0, 0.1) is 5.92 Å². The Bertz CT molecular complexity index is 919. The maximum atomic E-state index is 12.5. The summed E-state index contributed by atoms with van der Waals surface area (Å²) < 4.78 is 5.03. The first-order chi connectivity index (χ1) is 15.0. The average molecular weight is 443 g/mol. The van der Waals surface area contributed by atoms with Crippen LogP contribution in [0.3, 0.4) is 0 Å². The lowest BCUT2D eigenvalue weighted by molar-refractivity contribution is -0.122. The number of phenolic OH excluding ortho intramolecular Hbond substituents is 1. The predicted octanol–water partition coefficient (Wildman–Crippen LogP) is 2.78. The highest BCUT2D eigenvalue weighted by Gasteiger charge is 2.19. The highest BCUT2D eigenvalue weighted by molar-refractivity contribution is 5.97. The first-order valence-corrected chi connectivity index (χ1v) is 10.7. The van der Waals surface area contributed by atoms with E-state index in [1.54, 1.807) is 37.3 Å². The number of ether oxygens (including phenoxy) is 1. The standard InChI is InChI=1S/C25H34N2O5/c1-16(27-24(31)19-7-9-20(10-8-19)25(2,3)4)23(30)26-14-18(15-28)12-17-6-11-22(32-5)21(29)13-17/h6-11,13,16,18,28-29H,12,14-15H2,1-5H3,(H,26,30)(H,27,31)/t16-,18-/m1/s1. The van der Waals surface area contributed by atoms with Gasteiger partial charge in [0.05, 0.1) is 7.11 Å². The smallest absolute Gasteiger partial charge is 0.251 e. The van der Waals surface area contributed by atoms with Crippen molar-refractivity contribution in [3.8, 4) is 11.5 Å². The molecule has 7 nitrogen and oxygen atoms in total. The summed E-state index contributed by atoms with van der Waals surface area (Å²) in [7, 11) is 1.47. The van der Waals surface area contributed by atoms with Crippen LogP contribution in [0.4, 0.5) is 0 Å². The number of amides is 2. The van der Waals surface area contributed by atoms with E-state index in [2.05, 4.69) is 31.4 Å². The maximum absolute atomic E-state index is 12.5. The fourth-order valence-corrected chi connectivity index (χ4v) is 3.26. The molecular formula is C25H34N2O5. The van der Waals surface area contributed by atoms with E-state index in [1.165, 1.54) is 7.11 Å². The highest BCUT2D eigenvalue weighted by atomic mass is 16.5. The highest BCUT2D eigenvalue weighted by Crippen LogP contribution is 2.27. The zero-order chi connectivity index (χ0) is 23.9. The number of carbonyl (C=O) groups is 2. The molecule has 0 heterocycles. The summed E-state index contributed by atoms with van der Waals surface area (Å²) in [6.45, 7) is 8.03. The molecule has 2 aromatic carbocycles. The molecule has 0 aromatic heterocycles. The number of aliphatic hydroxyl groups excluding tert-OH is 1. The molecule has 0 radical (unpaired) electrons. The summed E-state index contributed by atoms with van der Waals surface area (Å²) in [6, 6.07) is 11.7. The molecule has 32 heavy (non-hydrogen) atoms. The Hall–Kier alpha value is -3.06. The van der Waals surface area contributed by atoms with Gasteiger partial charge in [-0.15, -0.1) is 0 Å². The molecule has 7 heteroatoms. The van der Waals surface area contributed by atoms with Gasteiger partial charge >= 0.3 is 0 Å². The normalized spacial score (nSPS) is 13.2. The van der Waals surface area contributed by atoms with E-state index >= 15 is 0 Å². The van der Waals surface area contributed by atoms with Gasteiger partial charge < -0.3 is 25.6 Å². The molecule has 0 aliphatic carbocycles.